The molecule has 1 aliphatic heterocycles. The summed E-state index contributed by atoms with van der Waals surface area (Å²) in [7, 11) is 0. The van der Waals surface area contributed by atoms with Gasteiger partial charge >= 0.3 is 0 Å². The van der Waals surface area contributed by atoms with E-state index in [1.165, 1.54) is 89.6 Å². The summed E-state index contributed by atoms with van der Waals surface area (Å²) in [4.78, 5) is 6.24. The zero-order valence-corrected chi connectivity index (χ0v) is 38.1. The molecule has 1 aliphatic rings. The number of aromatic nitrogens is 1. The number of furan rings is 1. The summed E-state index contributed by atoms with van der Waals surface area (Å²) >= 11 is 3.77. The van der Waals surface area contributed by atoms with Crippen molar-refractivity contribution in [1.82, 2.24) is 4.57 Å². The third-order valence-electron chi connectivity index (χ3n) is 14.4. The number of rotatable bonds is 4. The zero-order valence-electron chi connectivity index (χ0n) is 36.5. The summed E-state index contributed by atoms with van der Waals surface area (Å²) in [6, 6.07) is 66.9. The van der Waals surface area contributed by atoms with E-state index in [-0.39, 0.29) is 17.9 Å². The third kappa shape index (κ3) is 5.63. The van der Waals surface area contributed by atoms with E-state index in [1.807, 2.05) is 22.7 Å². The van der Waals surface area contributed by atoms with E-state index >= 15 is 0 Å². The molecule has 0 fully saturated rings. The highest BCUT2D eigenvalue weighted by Crippen LogP contribution is 2.49. The first kappa shape index (κ1) is 38.0. The average molecular weight is 883 g/mol. The molecule has 314 valence electrons. The Morgan fingerprint density at radius 3 is 1.94 bits per heavy atom. The average Bonchev–Trinajstić information content (AvgIpc) is 4.12. The Morgan fingerprint density at radius 1 is 0.500 bits per heavy atom. The van der Waals surface area contributed by atoms with Crippen molar-refractivity contribution in [3.05, 3.63) is 205 Å². The van der Waals surface area contributed by atoms with Gasteiger partial charge in [0.2, 0.25) is 0 Å². The monoisotopic (exact) mass is 882 g/mol. The van der Waals surface area contributed by atoms with E-state index < -0.39 is 0 Å². The molecule has 0 spiro atoms. The Kier molecular flexibility index (Phi) is 8.41. The number of benzene rings is 9. The van der Waals surface area contributed by atoms with Gasteiger partial charge in [-0.05, 0) is 88.5 Å². The highest BCUT2D eigenvalue weighted by atomic mass is 32.1. The minimum atomic E-state index is -0.188. The van der Waals surface area contributed by atoms with E-state index in [4.69, 9.17) is 9.41 Å². The zero-order chi connectivity index (χ0) is 43.6. The minimum Gasteiger partial charge on any atom is -0.456 e. The molecule has 66 heavy (non-hydrogen) atoms. The van der Waals surface area contributed by atoms with Gasteiger partial charge in [-0.15, -0.1) is 22.7 Å². The van der Waals surface area contributed by atoms with Gasteiger partial charge in [0.25, 0.3) is 0 Å². The highest BCUT2D eigenvalue weighted by Gasteiger charge is 2.32. The van der Waals surface area contributed by atoms with Crippen LogP contribution in [0.4, 0.5) is 0 Å². The molecule has 0 saturated heterocycles. The second kappa shape index (κ2) is 14.6. The predicted molar refractivity (Wildman–Crippen MR) is 284 cm³/mol. The number of hydrogen-bond acceptors (Lipinski definition) is 4. The molecule has 3 nitrogen and oxygen atoms in total. The van der Waals surface area contributed by atoms with Gasteiger partial charge in [0.05, 0.1) is 22.8 Å². The lowest BCUT2D eigenvalue weighted by atomic mass is 9.79. The first-order valence-electron chi connectivity index (χ1n) is 23.0. The predicted octanol–water partition coefficient (Wildman–Crippen LogP) is 17.9. The van der Waals surface area contributed by atoms with Crippen LogP contribution in [0.15, 0.2) is 197 Å². The van der Waals surface area contributed by atoms with Crippen molar-refractivity contribution >= 4 is 129 Å². The summed E-state index contributed by atoms with van der Waals surface area (Å²) in [6.07, 6.45) is 3.41. The fraction of sp³-hybridized carbons (Fsp3) is 0.0984. The number of thiophene rings is 2. The van der Waals surface area contributed by atoms with Crippen LogP contribution in [0, 0.1) is 11.8 Å². The van der Waals surface area contributed by atoms with Crippen LogP contribution in [0.1, 0.15) is 43.0 Å². The van der Waals surface area contributed by atoms with Gasteiger partial charge in [-0.25, -0.2) is 0 Å². The molecule has 4 aromatic heterocycles. The summed E-state index contributed by atoms with van der Waals surface area (Å²) in [5.74, 6) is 0.132. The van der Waals surface area contributed by atoms with Gasteiger partial charge < -0.3 is 8.98 Å². The van der Waals surface area contributed by atoms with E-state index in [9.17, 15) is 0 Å². The van der Waals surface area contributed by atoms with E-state index in [0.717, 1.165) is 45.3 Å². The summed E-state index contributed by atoms with van der Waals surface area (Å²) < 4.78 is 14.6. The molecule has 9 aromatic carbocycles. The lowest BCUT2D eigenvalue weighted by molar-refractivity contribution is 0.573. The van der Waals surface area contributed by atoms with E-state index in [2.05, 4.69) is 206 Å². The van der Waals surface area contributed by atoms with Gasteiger partial charge in [-0.2, -0.15) is 0 Å². The van der Waals surface area contributed by atoms with Gasteiger partial charge in [-0.1, -0.05) is 141 Å². The Balaban J connectivity index is 1.06. The smallest absolute Gasteiger partial charge is 0.138 e. The molecular weight excluding hydrogens is 841 g/mol. The number of hydrogen-bond donors (Lipinski definition) is 0. The molecule has 0 bridgehead atoms. The van der Waals surface area contributed by atoms with Crippen LogP contribution < -0.4 is 0 Å². The Labute approximate surface area is 389 Å². The van der Waals surface area contributed by atoms with Crippen LogP contribution in [0.3, 0.4) is 0 Å². The standard InChI is InChI=1S/C61H42N2OS2/c1-35-29-30-40(42-21-13-27-55-58(42)44-19-7-11-25-53(44)65-55)36(2)61(46-22-14-28-56-59(46)45-20-8-12-26-54(45)66-56)62-60(35)48-33-39(34-52-57(48)43-18-6-10-24-51(43)64-52)63-49-23-9-5-17-41(49)47-31-37-15-3-4-16-38(37)32-50(47)63/h3-28,30-36,61H,29H2,1-2H3/b40-30-,62-60?. The van der Waals surface area contributed by atoms with Crippen LogP contribution in [0.25, 0.3) is 106 Å². The molecule has 0 saturated carbocycles. The van der Waals surface area contributed by atoms with Crippen molar-refractivity contribution in [2.24, 2.45) is 16.8 Å². The molecule has 0 radical (unpaired) electrons. The molecule has 3 atom stereocenters. The molecule has 13 aromatic rings. The summed E-state index contributed by atoms with van der Waals surface area (Å²) in [6.45, 7) is 4.81. The molecule has 5 heteroatoms. The van der Waals surface area contributed by atoms with Crippen LogP contribution in [0.2, 0.25) is 0 Å². The van der Waals surface area contributed by atoms with E-state index in [1.54, 1.807) is 0 Å². The topological polar surface area (TPSA) is 30.4 Å². The molecule has 0 aliphatic carbocycles. The fourth-order valence-electron chi connectivity index (χ4n) is 11.4. The molecule has 0 N–H and O–H groups in total. The van der Waals surface area contributed by atoms with Crippen molar-refractivity contribution < 1.29 is 4.42 Å². The van der Waals surface area contributed by atoms with Crippen molar-refractivity contribution in [3.8, 4) is 5.69 Å². The Bertz CT molecular complexity index is 4210. The van der Waals surface area contributed by atoms with Gasteiger partial charge in [-0.3, -0.25) is 4.99 Å². The number of nitrogens with zero attached hydrogens (tertiary/aromatic N) is 2. The van der Waals surface area contributed by atoms with Crippen LogP contribution >= 0.6 is 22.7 Å². The van der Waals surface area contributed by atoms with Crippen LogP contribution in [-0.2, 0) is 0 Å². The van der Waals surface area contributed by atoms with E-state index in [0.29, 0.717) is 0 Å². The van der Waals surface area contributed by atoms with Crippen molar-refractivity contribution in [2.75, 3.05) is 0 Å². The maximum absolute atomic E-state index is 6.90. The maximum atomic E-state index is 6.90. The van der Waals surface area contributed by atoms with Gasteiger partial charge in [0.15, 0.2) is 0 Å². The second-order valence-corrected chi connectivity index (χ2v) is 20.3. The highest BCUT2D eigenvalue weighted by molar-refractivity contribution is 7.26. The number of aliphatic imine (C=N–C) groups is 1. The van der Waals surface area contributed by atoms with Crippen LogP contribution in [0.5, 0.6) is 0 Å². The van der Waals surface area contributed by atoms with Crippen molar-refractivity contribution in [3.63, 3.8) is 0 Å². The molecule has 14 rings (SSSR count). The summed E-state index contributed by atoms with van der Waals surface area (Å²) in [5.41, 5.74) is 11.4. The third-order valence-corrected chi connectivity index (χ3v) is 16.7. The largest absolute Gasteiger partial charge is 0.456 e. The fourth-order valence-corrected chi connectivity index (χ4v) is 13.6. The lowest BCUT2D eigenvalue weighted by Gasteiger charge is -2.30. The Hall–Kier alpha value is -7.31. The van der Waals surface area contributed by atoms with Gasteiger partial charge in [0, 0.05) is 91.1 Å². The number of allylic oxidation sites excluding steroid dienone is 1. The number of para-hydroxylation sites is 2. The van der Waals surface area contributed by atoms with Crippen molar-refractivity contribution in [2.45, 2.75) is 26.3 Å². The SMILES string of the molecule is CC1C/C=C(\c2cccc3sc4ccccc4c23)C(C)C(c2cccc3sc4ccccc4c23)N=C1c1cc(-n2c3ccccc3c3cc4ccccc4cc32)cc2oc3ccccc3c12. The number of fused-ring (bicyclic) bond motifs is 13. The Morgan fingerprint density at radius 2 is 1.14 bits per heavy atom. The molecular formula is C61H42N2OS2. The first-order valence-corrected chi connectivity index (χ1v) is 24.7. The minimum absolute atomic E-state index is 0.0476. The normalized spacial score (nSPS) is 18.0. The lowest BCUT2D eigenvalue weighted by Crippen LogP contribution is -2.21. The van der Waals surface area contributed by atoms with Gasteiger partial charge in [0.1, 0.15) is 11.2 Å². The summed E-state index contributed by atoms with van der Waals surface area (Å²) in [5, 5.41) is 12.5. The first-order chi connectivity index (χ1) is 32.6. The van der Waals surface area contributed by atoms with Crippen molar-refractivity contribution in [1.29, 1.82) is 0 Å². The van der Waals surface area contributed by atoms with Crippen LogP contribution in [-0.4, -0.2) is 10.3 Å². The molecule has 3 unspecified atom stereocenters. The maximum Gasteiger partial charge on any atom is 0.138 e. The quantitative estimate of drug-likeness (QED) is 0.173. The molecule has 5 heterocycles. The second-order valence-electron chi connectivity index (χ2n) is 18.2. The molecule has 0 amide bonds.